The molecule has 0 fully saturated rings. The van der Waals surface area contributed by atoms with Gasteiger partial charge in [0, 0.05) is 6.54 Å². The lowest BCUT2D eigenvalue weighted by Crippen LogP contribution is -2.46. The molecule has 0 rings (SSSR count). The van der Waals surface area contributed by atoms with Crippen LogP contribution in [0, 0.1) is 0 Å². The molecule has 7 nitrogen and oxygen atoms in total. The minimum atomic E-state index is -1.09. The van der Waals surface area contributed by atoms with E-state index in [2.05, 4.69) is 15.4 Å². The van der Waals surface area contributed by atoms with Crippen molar-refractivity contribution in [3.05, 3.63) is 0 Å². The molecule has 92 valence electrons. The Hall–Kier alpha value is -1.79. The minimum absolute atomic E-state index is 0.0494. The van der Waals surface area contributed by atoms with Gasteiger partial charge in [0.2, 0.25) is 0 Å². The van der Waals surface area contributed by atoms with Crippen molar-refractivity contribution in [3.8, 4) is 0 Å². The average Bonchev–Trinajstić information content (AvgIpc) is 2.25. The van der Waals surface area contributed by atoms with Crippen molar-refractivity contribution >= 4 is 18.0 Å². The number of carbonyl (C=O) groups is 3. The van der Waals surface area contributed by atoms with E-state index in [1.54, 1.807) is 6.92 Å². The fourth-order valence-corrected chi connectivity index (χ4v) is 0.928. The van der Waals surface area contributed by atoms with Crippen molar-refractivity contribution in [2.75, 3.05) is 13.7 Å². The van der Waals surface area contributed by atoms with Crippen LogP contribution in [0.25, 0.3) is 0 Å². The van der Waals surface area contributed by atoms with Crippen molar-refractivity contribution in [3.63, 3.8) is 0 Å². The highest BCUT2D eigenvalue weighted by Crippen LogP contribution is 1.90. The number of methoxy groups -OCH3 is 1. The molecular weight excluding hydrogens is 216 g/mol. The molecular formula is C9H16N2O5. The number of hydrogen-bond acceptors (Lipinski definition) is 4. The van der Waals surface area contributed by atoms with Crippen molar-refractivity contribution in [1.29, 1.82) is 0 Å². The van der Waals surface area contributed by atoms with Crippen LogP contribution in [0.5, 0.6) is 0 Å². The Kier molecular flexibility index (Phi) is 6.66. The number of carboxylic acid groups (broad SMARTS) is 1. The molecule has 0 heterocycles. The summed E-state index contributed by atoms with van der Waals surface area (Å²) in [6.07, 6.45) is 0.341. The first-order valence-electron chi connectivity index (χ1n) is 4.85. The summed E-state index contributed by atoms with van der Waals surface area (Å²) in [4.78, 5) is 32.4. The Morgan fingerprint density at radius 3 is 2.44 bits per heavy atom. The third kappa shape index (κ3) is 5.84. The van der Waals surface area contributed by atoms with Gasteiger partial charge in [-0.15, -0.1) is 0 Å². The summed E-state index contributed by atoms with van der Waals surface area (Å²) in [6, 6.07) is -1.53. The third-order valence-corrected chi connectivity index (χ3v) is 1.85. The molecule has 0 saturated carbocycles. The van der Waals surface area contributed by atoms with Gasteiger partial charge in [0.15, 0.2) is 0 Å². The van der Waals surface area contributed by atoms with Crippen LogP contribution in [0.1, 0.15) is 19.8 Å². The second-order valence-corrected chi connectivity index (χ2v) is 3.03. The third-order valence-electron chi connectivity index (χ3n) is 1.85. The summed E-state index contributed by atoms with van der Waals surface area (Å²) >= 11 is 0. The lowest BCUT2D eigenvalue weighted by molar-refractivity contribution is -0.141. The van der Waals surface area contributed by atoms with Crippen LogP contribution in [-0.4, -0.2) is 42.8 Å². The van der Waals surface area contributed by atoms with Gasteiger partial charge in [-0.2, -0.15) is 0 Å². The monoisotopic (exact) mass is 232 g/mol. The molecule has 2 amide bonds. The Labute approximate surface area is 93.2 Å². The SMILES string of the molecule is CC[C@H](NC(=O)NCCC(=O)OC)C(=O)O. The molecule has 0 aliphatic rings. The minimum Gasteiger partial charge on any atom is -0.480 e. The summed E-state index contributed by atoms with van der Waals surface area (Å²) in [5.74, 6) is -1.53. The van der Waals surface area contributed by atoms with Gasteiger partial charge in [0.05, 0.1) is 13.5 Å². The second kappa shape index (κ2) is 7.49. The summed E-state index contributed by atoms with van der Waals surface area (Å²) in [7, 11) is 1.25. The number of esters is 1. The smallest absolute Gasteiger partial charge is 0.326 e. The standard InChI is InChI=1S/C9H16N2O5/c1-3-6(8(13)14)11-9(15)10-5-4-7(12)16-2/h6H,3-5H2,1-2H3,(H,13,14)(H2,10,11,15)/t6-/m0/s1. The van der Waals surface area contributed by atoms with Crippen LogP contribution in [0.4, 0.5) is 4.79 Å². The molecule has 0 unspecified atom stereocenters. The van der Waals surface area contributed by atoms with Gasteiger partial charge >= 0.3 is 18.0 Å². The number of hydrogen-bond donors (Lipinski definition) is 3. The molecule has 0 aromatic heterocycles. The largest absolute Gasteiger partial charge is 0.480 e. The maximum atomic E-state index is 11.1. The zero-order valence-electron chi connectivity index (χ0n) is 9.28. The van der Waals surface area contributed by atoms with Crippen molar-refractivity contribution < 1.29 is 24.2 Å². The topological polar surface area (TPSA) is 105 Å². The second-order valence-electron chi connectivity index (χ2n) is 3.03. The van der Waals surface area contributed by atoms with Gasteiger partial charge in [-0.05, 0) is 6.42 Å². The zero-order valence-corrected chi connectivity index (χ0v) is 9.28. The fourth-order valence-electron chi connectivity index (χ4n) is 0.928. The predicted octanol–water partition coefficient (Wildman–Crippen LogP) is -0.288. The first kappa shape index (κ1) is 14.2. The van der Waals surface area contributed by atoms with Gasteiger partial charge in [-0.3, -0.25) is 4.79 Å². The number of urea groups is 1. The van der Waals surface area contributed by atoms with Gasteiger partial charge in [-0.25, -0.2) is 9.59 Å². The Bertz CT molecular complexity index is 267. The molecule has 7 heteroatoms. The number of rotatable bonds is 6. The molecule has 0 saturated heterocycles. The highest BCUT2D eigenvalue weighted by Gasteiger charge is 2.16. The van der Waals surface area contributed by atoms with Crippen molar-refractivity contribution in [2.24, 2.45) is 0 Å². The van der Waals surface area contributed by atoms with Crippen LogP contribution >= 0.6 is 0 Å². The maximum Gasteiger partial charge on any atom is 0.326 e. The molecule has 1 atom stereocenters. The van der Waals surface area contributed by atoms with Gasteiger partial charge < -0.3 is 20.5 Å². The lowest BCUT2D eigenvalue weighted by atomic mass is 10.2. The molecule has 0 spiro atoms. The fraction of sp³-hybridized carbons (Fsp3) is 0.667. The number of carboxylic acids is 1. The first-order chi connectivity index (χ1) is 7.51. The molecule has 0 radical (unpaired) electrons. The normalized spacial score (nSPS) is 11.4. The first-order valence-corrected chi connectivity index (χ1v) is 4.85. The Morgan fingerprint density at radius 2 is 2.00 bits per heavy atom. The van der Waals surface area contributed by atoms with E-state index in [0.29, 0.717) is 6.42 Å². The Morgan fingerprint density at radius 1 is 1.38 bits per heavy atom. The number of aliphatic carboxylic acids is 1. The van der Waals surface area contributed by atoms with Crippen molar-refractivity contribution in [2.45, 2.75) is 25.8 Å². The number of carbonyl (C=O) groups excluding carboxylic acids is 2. The van der Waals surface area contributed by atoms with E-state index < -0.39 is 24.0 Å². The van der Waals surface area contributed by atoms with Crippen LogP contribution in [-0.2, 0) is 14.3 Å². The molecule has 16 heavy (non-hydrogen) atoms. The Balaban J connectivity index is 3.81. The van der Waals surface area contributed by atoms with Gasteiger partial charge in [0.25, 0.3) is 0 Å². The molecule has 3 N–H and O–H groups in total. The quantitative estimate of drug-likeness (QED) is 0.546. The average molecular weight is 232 g/mol. The van der Waals surface area contributed by atoms with Gasteiger partial charge in [0.1, 0.15) is 6.04 Å². The highest BCUT2D eigenvalue weighted by molar-refractivity contribution is 5.82. The van der Waals surface area contributed by atoms with E-state index in [1.165, 1.54) is 7.11 Å². The molecule has 0 bridgehead atoms. The van der Waals surface area contributed by atoms with E-state index in [-0.39, 0.29) is 13.0 Å². The molecule has 0 aliphatic carbocycles. The number of nitrogens with one attached hydrogen (secondary N) is 2. The van der Waals surface area contributed by atoms with Crippen LogP contribution in [0.15, 0.2) is 0 Å². The van der Waals surface area contributed by atoms with Crippen molar-refractivity contribution in [1.82, 2.24) is 10.6 Å². The lowest BCUT2D eigenvalue weighted by Gasteiger charge is -2.12. The highest BCUT2D eigenvalue weighted by atomic mass is 16.5. The maximum absolute atomic E-state index is 11.1. The van der Waals surface area contributed by atoms with E-state index in [9.17, 15) is 14.4 Å². The summed E-state index contributed by atoms with van der Waals surface area (Å²) in [6.45, 7) is 1.75. The van der Waals surface area contributed by atoms with Gasteiger partial charge in [-0.1, -0.05) is 6.92 Å². The van der Waals surface area contributed by atoms with E-state index in [1.807, 2.05) is 0 Å². The van der Waals surface area contributed by atoms with E-state index >= 15 is 0 Å². The van der Waals surface area contributed by atoms with E-state index in [4.69, 9.17) is 5.11 Å². The molecule has 0 aromatic rings. The van der Waals surface area contributed by atoms with Crippen LogP contribution < -0.4 is 10.6 Å². The van der Waals surface area contributed by atoms with Crippen LogP contribution in [0.2, 0.25) is 0 Å². The molecule has 0 aromatic carbocycles. The zero-order chi connectivity index (χ0) is 12.6. The number of ether oxygens (including phenoxy) is 1. The van der Waals surface area contributed by atoms with E-state index in [0.717, 1.165) is 0 Å². The summed E-state index contributed by atoms with van der Waals surface area (Å²) in [5, 5.41) is 13.3. The predicted molar refractivity (Wildman–Crippen MR) is 54.9 cm³/mol. The summed E-state index contributed by atoms with van der Waals surface area (Å²) in [5.41, 5.74) is 0. The summed E-state index contributed by atoms with van der Waals surface area (Å²) < 4.78 is 4.37. The molecule has 0 aliphatic heterocycles. The van der Waals surface area contributed by atoms with Crippen LogP contribution in [0.3, 0.4) is 0 Å². The number of amides is 2.